The molecular weight excluding hydrogens is 264 g/mol. The van der Waals surface area contributed by atoms with E-state index in [1.54, 1.807) is 0 Å². The van der Waals surface area contributed by atoms with Gasteiger partial charge in [0.1, 0.15) is 0 Å². The van der Waals surface area contributed by atoms with E-state index in [0.29, 0.717) is 38.1 Å². The van der Waals surface area contributed by atoms with Crippen molar-refractivity contribution in [2.24, 2.45) is 11.7 Å². The van der Waals surface area contributed by atoms with Crippen molar-refractivity contribution in [3.63, 3.8) is 0 Å². The van der Waals surface area contributed by atoms with Gasteiger partial charge in [0, 0.05) is 32.7 Å². The lowest BCUT2D eigenvalue weighted by Crippen LogP contribution is -2.39. The average molecular weight is 290 g/mol. The van der Waals surface area contributed by atoms with Crippen LogP contribution in [0.15, 0.2) is 30.3 Å². The molecule has 0 spiro atoms. The second-order valence-corrected chi connectivity index (χ2v) is 5.71. The van der Waals surface area contributed by atoms with Crippen LogP contribution in [-0.2, 0) is 16.1 Å². The number of carbonyl (C=O) groups excluding carboxylic acids is 1. The van der Waals surface area contributed by atoms with Gasteiger partial charge in [-0.15, -0.1) is 0 Å². The van der Waals surface area contributed by atoms with E-state index in [1.165, 1.54) is 0 Å². The van der Waals surface area contributed by atoms with Crippen LogP contribution in [0.3, 0.4) is 0 Å². The molecule has 0 aliphatic heterocycles. The highest BCUT2D eigenvalue weighted by Gasteiger charge is 2.32. The van der Waals surface area contributed by atoms with Gasteiger partial charge in [-0.1, -0.05) is 30.3 Å². The molecule has 4 heteroatoms. The van der Waals surface area contributed by atoms with E-state index < -0.39 is 0 Å². The normalized spacial score (nSPS) is 20.9. The lowest BCUT2D eigenvalue weighted by molar-refractivity contribution is -0.135. The smallest absolute Gasteiger partial charge is 0.223 e. The fourth-order valence-corrected chi connectivity index (χ4v) is 2.84. The van der Waals surface area contributed by atoms with Gasteiger partial charge in [0.05, 0.1) is 6.10 Å². The molecule has 4 nitrogen and oxygen atoms in total. The first-order chi connectivity index (χ1) is 10.2. The zero-order valence-corrected chi connectivity index (χ0v) is 12.8. The number of carbonyl (C=O) groups is 1. The van der Waals surface area contributed by atoms with Crippen LogP contribution in [0.2, 0.25) is 0 Å². The van der Waals surface area contributed by atoms with Crippen LogP contribution in [-0.4, -0.2) is 36.6 Å². The molecule has 116 valence electrons. The molecule has 0 unspecified atom stereocenters. The first-order valence-electron chi connectivity index (χ1n) is 7.86. The Bertz CT molecular complexity index is 430. The fraction of sp³-hybridized carbons (Fsp3) is 0.588. The molecule has 0 aromatic heterocycles. The van der Waals surface area contributed by atoms with E-state index in [2.05, 4.69) is 0 Å². The maximum atomic E-state index is 12.4. The molecule has 0 atom stereocenters. The molecule has 2 N–H and O–H groups in total. The molecular formula is C17H26N2O2. The second kappa shape index (κ2) is 8.15. The average Bonchev–Trinajstić information content (AvgIpc) is 2.45. The second-order valence-electron chi connectivity index (χ2n) is 5.71. The Labute approximate surface area is 127 Å². The van der Waals surface area contributed by atoms with Crippen LogP contribution in [0, 0.1) is 5.92 Å². The number of rotatable bonds is 8. The summed E-state index contributed by atoms with van der Waals surface area (Å²) in [7, 11) is 0. The third kappa shape index (κ3) is 4.83. The molecule has 1 saturated carbocycles. The van der Waals surface area contributed by atoms with Gasteiger partial charge in [-0.3, -0.25) is 4.79 Å². The first kappa shape index (κ1) is 16.0. The molecule has 21 heavy (non-hydrogen) atoms. The SMILES string of the molecule is CCOC1CC(CC(=O)N(CCN)Cc2ccccc2)C1. The topological polar surface area (TPSA) is 55.6 Å². The molecule has 1 aromatic carbocycles. The van der Waals surface area contributed by atoms with E-state index in [9.17, 15) is 4.79 Å². The van der Waals surface area contributed by atoms with Crippen molar-refractivity contribution in [3.05, 3.63) is 35.9 Å². The van der Waals surface area contributed by atoms with E-state index in [0.717, 1.165) is 25.0 Å². The number of nitrogens with two attached hydrogens (primary N) is 1. The summed E-state index contributed by atoms with van der Waals surface area (Å²) in [5, 5.41) is 0. The summed E-state index contributed by atoms with van der Waals surface area (Å²) >= 11 is 0. The maximum absolute atomic E-state index is 12.4. The molecule has 1 fully saturated rings. The molecule has 1 amide bonds. The molecule has 0 heterocycles. The van der Waals surface area contributed by atoms with Crippen LogP contribution in [0.5, 0.6) is 0 Å². The Morgan fingerprint density at radius 2 is 2.05 bits per heavy atom. The number of hydrogen-bond acceptors (Lipinski definition) is 3. The fourth-order valence-electron chi connectivity index (χ4n) is 2.84. The molecule has 1 aromatic rings. The van der Waals surface area contributed by atoms with Crippen LogP contribution >= 0.6 is 0 Å². The Morgan fingerprint density at radius 3 is 2.67 bits per heavy atom. The van der Waals surface area contributed by atoms with Crippen molar-refractivity contribution in [2.45, 2.75) is 38.8 Å². The quantitative estimate of drug-likeness (QED) is 0.798. The van der Waals surface area contributed by atoms with E-state index in [-0.39, 0.29) is 5.91 Å². The van der Waals surface area contributed by atoms with Gasteiger partial charge >= 0.3 is 0 Å². The minimum Gasteiger partial charge on any atom is -0.378 e. The summed E-state index contributed by atoms with van der Waals surface area (Å²) in [5.74, 6) is 0.689. The van der Waals surface area contributed by atoms with Crippen molar-refractivity contribution in [3.8, 4) is 0 Å². The zero-order chi connectivity index (χ0) is 15.1. The van der Waals surface area contributed by atoms with Crippen molar-refractivity contribution in [2.75, 3.05) is 19.7 Å². The summed E-state index contributed by atoms with van der Waals surface area (Å²) in [6, 6.07) is 10.1. The van der Waals surface area contributed by atoms with Crippen molar-refractivity contribution in [1.82, 2.24) is 4.90 Å². The molecule has 0 bridgehead atoms. The predicted octanol–water partition coefficient (Wildman–Crippen LogP) is 2.18. The summed E-state index contributed by atoms with van der Waals surface area (Å²) in [5.41, 5.74) is 6.80. The number of nitrogens with zero attached hydrogens (tertiary/aromatic N) is 1. The highest BCUT2D eigenvalue weighted by atomic mass is 16.5. The van der Waals surface area contributed by atoms with Crippen LogP contribution < -0.4 is 5.73 Å². The monoisotopic (exact) mass is 290 g/mol. The highest BCUT2D eigenvalue weighted by Crippen LogP contribution is 2.33. The maximum Gasteiger partial charge on any atom is 0.223 e. The van der Waals surface area contributed by atoms with E-state index in [4.69, 9.17) is 10.5 Å². The number of hydrogen-bond donors (Lipinski definition) is 1. The van der Waals surface area contributed by atoms with E-state index >= 15 is 0 Å². The minimum atomic E-state index is 0.212. The zero-order valence-electron chi connectivity index (χ0n) is 12.8. The van der Waals surface area contributed by atoms with Gasteiger partial charge in [0.25, 0.3) is 0 Å². The standard InChI is InChI=1S/C17H26N2O2/c1-2-21-16-10-15(11-16)12-17(20)19(9-8-18)13-14-6-4-3-5-7-14/h3-7,15-16H,2,8-13,18H2,1H3. The Hall–Kier alpha value is -1.39. The van der Waals surface area contributed by atoms with Crippen molar-refractivity contribution < 1.29 is 9.53 Å². The molecule has 1 aliphatic rings. The van der Waals surface area contributed by atoms with Crippen LogP contribution in [0.1, 0.15) is 31.7 Å². The highest BCUT2D eigenvalue weighted by molar-refractivity contribution is 5.76. The van der Waals surface area contributed by atoms with Gasteiger partial charge in [0.2, 0.25) is 5.91 Å². The third-order valence-electron chi connectivity index (χ3n) is 4.03. The van der Waals surface area contributed by atoms with Gasteiger partial charge in [-0.2, -0.15) is 0 Å². The number of ether oxygens (including phenoxy) is 1. The van der Waals surface area contributed by atoms with Gasteiger partial charge < -0.3 is 15.4 Å². The number of benzene rings is 1. The van der Waals surface area contributed by atoms with E-state index in [1.807, 2.05) is 42.2 Å². The predicted molar refractivity (Wildman–Crippen MR) is 83.7 cm³/mol. The number of amides is 1. The Kier molecular flexibility index (Phi) is 6.21. The third-order valence-corrected chi connectivity index (χ3v) is 4.03. The van der Waals surface area contributed by atoms with Crippen molar-refractivity contribution >= 4 is 5.91 Å². The minimum absolute atomic E-state index is 0.212. The van der Waals surface area contributed by atoms with Crippen LogP contribution in [0.4, 0.5) is 0 Å². The molecule has 0 radical (unpaired) electrons. The summed E-state index contributed by atoms with van der Waals surface area (Å²) in [6.07, 6.45) is 3.02. The van der Waals surface area contributed by atoms with Crippen LogP contribution in [0.25, 0.3) is 0 Å². The Balaban J connectivity index is 1.82. The molecule has 2 rings (SSSR count). The van der Waals surface area contributed by atoms with Crippen molar-refractivity contribution in [1.29, 1.82) is 0 Å². The summed E-state index contributed by atoms with van der Waals surface area (Å²) < 4.78 is 5.55. The Morgan fingerprint density at radius 1 is 1.33 bits per heavy atom. The van der Waals surface area contributed by atoms with Gasteiger partial charge in [-0.25, -0.2) is 0 Å². The molecule has 1 aliphatic carbocycles. The lowest BCUT2D eigenvalue weighted by atomic mass is 9.79. The summed E-state index contributed by atoms with van der Waals surface area (Å²) in [4.78, 5) is 14.3. The summed E-state index contributed by atoms with van der Waals surface area (Å²) in [6.45, 7) is 4.55. The first-order valence-corrected chi connectivity index (χ1v) is 7.86. The largest absolute Gasteiger partial charge is 0.378 e. The lowest BCUT2D eigenvalue weighted by Gasteiger charge is -2.35. The van der Waals surface area contributed by atoms with Gasteiger partial charge in [-0.05, 0) is 31.2 Å². The van der Waals surface area contributed by atoms with Gasteiger partial charge in [0.15, 0.2) is 0 Å². The molecule has 0 saturated heterocycles.